The topological polar surface area (TPSA) is 89.4 Å². The molecular weight excluding hydrogens is 236 g/mol. The fraction of sp³-hybridized carbons (Fsp3) is 0.0833. The lowest BCUT2D eigenvalue weighted by Gasteiger charge is -1.93. The second-order valence-corrected chi connectivity index (χ2v) is 3.67. The van der Waals surface area contributed by atoms with Crippen molar-refractivity contribution in [3.63, 3.8) is 0 Å². The maximum absolute atomic E-state index is 10.8. The van der Waals surface area contributed by atoms with E-state index >= 15 is 0 Å². The molecule has 1 aromatic carbocycles. The predicted octanol–water partition coefficient (Wildman–Crippen LogP) is 2.77. The van der Waals surface area contributed by atoms with Gasteiger partial charge in [0.05, 0.1) is 4.92 Å². The van der Waals surface area contributed by atoms with Crippen LogP contribution in [0, 0.1) is 17.0 Å². The number of nitrogens with zero attached hydrogens (tertiary/aromatic N) is 2. The van der Waals surface area contributed by atoms with Gasteiger partial charge in [-0.25, -0.2) is 0 Å². The summed E-state index contributed by atoms with van der Waals surface area (Å²) in [5, 5.41) is 23.6. The maximum Gasteiger partial charge on any atom is 0.338 e. The Kier molecular flexibility index (Phi) is 3.09. The lowest BCUT2D eigenvalue weighted by Crippen LogP contribution is -1.90. The van der Waals surface area contributed by atoms with Crippen LogP contribution in [-0.2, 0) is 0 Å². The van der Waals surface area contributed by atoms with Crippen LogP contribution in [-0.4, -0.2) is 15.2 Å². The van der Waals surface area contributed by atoms with E-state index in [1.54, 1.807) is 24.3 Å². The fourth-order valence-electron chi connectivity index (χ4n) is 1.51. The van der Waals surface area contributed by atoms with Crippen molar-refractivity contribution in [1.29, 1.82) is 0 Å². The van der Waals surface area contributed by atoms with E-state index in [0.717, 1.165) is 0 Å². The molecule has 1 N–H and O–H groups in total. The van der Waals surface area contributed by atoms with Crippen molar-refractivity contribution in [3.8, 4) is 5.75 Å². The minimum absolute atomic E-state index is 0.0841. The first-order valence-corrected chi connectivity index (χ1v) is 5.15. The van der Waals surface area contributed by atoms with Gasteiger partial charge in [0.25, 0.3) is 0 Å². The molecule has 18 heavy (non-hydrogen) atoms. The second kappa shape index (κ2) is 4.70. The summed E-state index contributed by atoms with van der Waals surface area (Å²) in [6, 6.07) is 6.50. The summed E-state index contributed by atoms with van der Waals surface area (Å²) in [7, 11) is 0. The Balaban J connectivity index is 2.32. The summed E-state index contributed by atoms with van der Waals surface area (Å²) in [6.45, 7) is 1.51. The van der Waals surface area contributed by atoms with Crippen LogP contribution in [0.25, 0.3) is 12.2 Å². The molecule has 0 radical (unpaired) electrons. The van der Waals surface area contributed by atoms with E-state index in [9.17, 15) is 15.2 Å². The number of rotatable bonds is 3. The SMILES string of the molecule is Cc1noc(/C=C\c2cccc(O)c2)c1[N+](=O)[O-]. The van der Waals surface area contributed by atoms with Crippen LogP contribution in [0.3, 0.4) is 0 Å². The molecule has 0 bridgehead atoms. The normalized spacial score (nSPS) is 10.9. The van der Waals surface area contributed by atoms with Gasteiger partial charge in [0.15, 0.2) is 5.69 Å². The second-order valence-electron chi connectivity index (χ2n) is 3.67. The number of hydrogen-bond acceptors (Lipinski definition) is 5. The van der Waals surface area contributed by atoms with Gasteiger partial charge in [-0.05, 0) is 30.7 Å². The zero-order chi connectivity index (χ0) is 13.1. The molecule has 0 unspecified atom stereocenters. The lowest BCUT2D eigenvalue weighted by molar-refractivity contribution is -0.386. The zero-order valence-corrected chi connectivity index (χ0v) is 9.53. The fourth-order valence-corrected chi connectivity index (χ4v) is 1.51. The van der Waals surface area contributed by atoms with E-state index in [-0.39, 0.29) is 22.9 Å². The average Bonchev–Trinajstić information content (AvgIpc) is 2.68. The van der Waals surface area contributed by atoms with Crippen LogP contribution < -0.4 is 0 Å². The minimum atomic E-state index is -0.534. The Morgan fingerprint density at radius 2 is 2.22 bits per heavy atom. The molecule has 6 nitrogen and oxygen atoms in total. The molecule has 0 aliphatic carbocycles. The Morgan fingerprint density at radius 1 is 1.44 bits per heavy atom. The summed E-state index contributed by atoms with van der Waals surface area (Å²) < 4.78 is 4.87. The molecule has 1 aromatic heterocycles. The number of phenols is 1. The monoisotopic (exact) mass is 246 g/mol. The van der Waals surface area contributed by atoms with Crippen molar-refractivity contribution >= 4 is 17.8 Å². The third-order valence-corrected chi connectivity index (χ3v) is 2.34. The van der Waals surface area contributed by atoms with Crippen molar-refractivity contribution in [2.75, 3.05) is 0 Å². The van der Waals surface area contributed by atoms with E-state index in [1.165, 1.54) is 19.1 Å². The number of aromatic hydroxyl groups is 1. The summed E-state index contributed by atoms with van der Waals surface area (Å²) in [4.78, 5) is 10.3. The molecule has 6 heteroatoms. The van der Waals surface area contributed by atoms with Gasteiger partial charge in [-0.1, -0.05) is 23.4 Å². The number of aromatic nitrogens is 1. The minimum Gasteiger partial charge on any atom is -0.508 e. The van der Waals surface area contributed by atoms with Crippen LogP contribution in [0.4, 0.5) is 5.69 Å². The third-order valence-electron chi connectivity index (χ3n) is 2.34. The van der Waals surface area contributed by atoms with Gasteiger partial charge in [-0.2, -0.15) is 0 Å². The van der Waals surface area contributed by atoms with E-state index < -0.39 is 4.92 Å². The number of hydrogen-bond donors (Lipinski definition) is 1. The van der Waals surface area contributed by atoms with Crippen LogP contribution in [0.2, 0.25) is 0 Å². The molecule has 2 rings (SSSR count). The third kappa shape index (κ3) is 2.37. The zero-order valence-electron chi connectivity index (χ0n) is 9.53. The lowest BCUT2D eigenvalue weighted by atomic mass is 10.2. The van der Waals surface area contributed by atoms with Crippen LogP contribution in [0.5, 0.6) is 5.75 Å². The van der Waals surface area contributed by atoms with Crippen molar-refractivity contribution in [2.24, 2.45) is 0 Å². The molecule has 2 aromatic rings. The largest absolute Gasteiger partial charge is 0.508 e. The van der Waals surface area contributed by atoms with Crippen molar-refractivity contribution in [1.82, 2.24) is 5.16 Å². The summed E-state index contributed by atoms with van der Waals surface area (Å²) in [5.74, 6) is 0.209. The van der Waals surface area contributed by atoms with Crippen LogP contribution >= 0.6 is 0 Å². The Labute approximate surface area is 102 Å². The molecule has 0 amide bonds. The van der Waals surface area contributed by atoms with Crippen LogP contribution in [0.15, 0.2) is 28.8 Å². The summed E-state index contributed by atoms with van der Waals surface area (Å²) >= 11 is 0. The number of benzene rings is 1. The van der Waals surface area contributed by atoms with Gasteiger partial charge in [0.2, 0.25) is 5.76 Å². The Bertz CT molecular complexity index is 616. The van der Waals surface area contributed by atoms with Crippen molar-refractivity contribution < 1.29 is 14.6 Å². The number of aryl methyl sites for hydroxylation is 1. The first-order valence-electron chi connectivity index (χ1n) is 5.15. The quantitative estimate of drug-likeness (QED) is 0.664. The van der Waals surface area contributed by atoms with Gasteiger partial charge in [-0.15, -0.1) is 0 Å². The van der Waals surface area contributed by atoms with Crippen LogP contribution in [0.1, 0.15) is 17.0 Å². The highest BCUT2D eigenvalue weighted by atomic mass is 16.6. The van der Waals surface area contributed by atoms with Crippen molar-refractivity contribution in [3.05, 3.63) is 51.4 Å². The molecule has 1 heterocycles. The average molecular weight is 246 g/mol. The first kappa shape index (κ1) is 11.8. The highest BCUT2D eigenvalue weighted by Gasteiger charge is 2.21. The van der Waals surface area contributed by atoms with E-state index in [4.69, 9.17) is 4.52 Å². The maximum atomic E-state index is 10.8. The number of nitro groups is 1. The van der Waals surface area contributed by atoms with Gasteiger partial charge in [-0.3, -0.25) is 10.1 Å². The molecule has 0 fully saturated rings. The molecule has 92 valence electrons. The van der Waals surface area contributed by atoms with E-state index in [2.05, 4.69) is 5.16 Å². The molecule has 0 saturated heterocycles. The first-order chi connectivity index (χ1) is 8.58. The van der Waals surface area contributed by atoms with E-state index in [0.29, 0.717) is 5.56 Å². The van der Waals surface area contributed by atoms with Gasteiger partial charge in [0, 0.05) is 0 Å². The van der Waals surface area contributed by atoms with Crippen molar-refractivity contribution in [2.45, 2.75) is 6.92 Å². The van der Waals surface area contributed by atoms with Gasteiger partial charge in [0.1, 0.15) is 5.75 Å². The predicted molar refractivity (Wildman–Crippen MR) is 64.9 cm³/mol. The Morgan fingerprint density at radius 3 is 2.89 bits per heavy atom. The highest BCUT2D eigenvalue weighted by molar-refractivity contribution is 5.72. The highest BCUT2D eigenvalue weighted by Crippen LogP contribution is 2.24. The smallest absolute Gasteiger partial charge is 0.338 e. The van der Waals surface area contributed by atoms with Gasteiger partial charge >= 0.3 is 5.69 Å². The Hall–Kier alpha value is -2.63. The van der Waals surface area contributed by atoms with E-state index in [1.807, 2.05) is 0 Å². The van der Waals surface area contributed by atoms with Gasteiger partial charge < -0.3 is 9.63 Å². The molecule has 0 aliphatic heterocycles. The molecule has 0 spiro atoms. The number of phenolic OH excluding ortho intramolecular Hbond substituents is 1. The molecule has 0 atom stereocenters. The standard InChI is InChI=1S/C12H10N2O4/c1-8-12(14(16)17)11(18-13-8)6-5-9-3-2-4-10(15)7-9/h2-7,15H,1H3/b6-5-. The molecule has 0 aliphatic rings. The molecular formula is C12H10N2O4. The summed E-state index contributed by atoms with van der Waals surface area (Å²) in [6.07, 6.45) is 3.06. The summed E-state index contributed by atoms with van der Waals surface area (Å²) in [5.41, 5.74) is 0.792. The molecule has 0 saturated carbocycles.